The summed E-state index contributed by atoms with van der Waals surface area (Å²) >= 11 is 0. The van der Waals surface area contributed by atoms with Gasteiger partial charge in [0.25, 0.3) is 0 Å². The lowest BCUT2D eigenvalue weighted by Gasteiger charge is -2.08. The van der Waals surface area contributed by atoms with Gasteiger partial charge in [-0.25, -0.2) is 9.97 Å². The van der Waals surface area contributed by atoms with Gasteiger partial charge < -0.3 is 10.3 Å². The van der Waals surface area contributed by atoms with E-state index in [-0.39, 0.29) is 6.04 Å². The van der Waals surface area contributed by atoms with Gasteiger partial charge in [0.05, 0.1) is 5.69 Å². The maximum absolute atomic E-state index is 5.95. The van der Waals surface area contributed by atoms with Crippen LogP contribution < -0.4 is 5.73 Å². The fourth-order valence-electron chi connectivity index (χ4n) is 1.19. The standard InChI is InChI=1S/C8H10N6/c1-14-5-12-13-8(14)7(9)6-2-3-10-4-11-6/h2-5,7H,9H2,1H3. The van der Waals surface area contributed by atoms with E-state index in [9.17, 15) is 0 Å². The summed E-state index contributed by atoms with van der Waals surface area (Å²) in [5, 5.41) is 7.68. The Morgan fingerprint density at radius 2 is 2.36 bits per heavy atom. The van der Waals surface area contributed by atoms with Gasteiger partial charge >= 0.3 is 0 Å². The van der Waals surface area contributed by atoms with Crippen LogP contribution in [0, 0.1) is 0 Å². The fraction of sp³-hybridized carbons (Fsp3) is 0.250. The zero-order valence-electron chi connectivity index (χ0n) is 7.70. The van der Waals surface area contributed by atoms with Crippen molar-refractivity contribution in [2.75, 3.05) is 0 Å². The van der Waals surface area contributed by atoms with Crippen LogP contribution in [-0.4, -0.2) is 24.7 Å². The van der Waals surface area contributed by atoms with Gasteiger partial charge in [-0.2, -0.15) is 0 Å². The van der Waals surface area contributed by atoms with Crippen LogP contribution in [0.5, 0.6) is 0 Å². The highest BCUT2D eigenvalue weighted by Gasteiger charge is 2.14. The summed E-state index contributed by atoms with van der Waals surface area (Å²) in [6, 6.07) is 1.41. The maximum atomic E-state index is 5.95. The van der Waals surface area contributed by atoms with Crippen LogP contribution in [0.15, 0.2) is 24.9 Å². The summed E-state index contributed by atoms with van der Waals surface area (Å²) in [7, 11) is 1.84. The molecule has 1 unspecified atom stereocenters. The zero-order chi connectivity index (χ0) is 9.97. The van der Waals surface area contributed by atoms with Crippen molar-refractivity contribution in [2.45, 2.75) is 6.04 Å². The Kier molecular flexibility index (Phi) is 2.19. The largest absolute Gasteiger partial charge is 0.319 e. The van der Waals surface area contributed by atoms with Gasteiger partial charge in [-0.05, 0) is 6.07 Å². The number of aryl methyl sites for hydroxylation is 1. The first-order chi connectivity index (χ1) is 6.79. The minimum absolute atomic E-state index is 0.356. The molecule has 0 aliphatic carbocycles. The molecule has 1 atom stereocenters. The quantitative estimate of drug-likeness (QED) is 0.700. The fourth-order valence-corrected chi connectivity index (χ4v) is 1.19. The summed E-state index contributed by atoms with van der Waals surface area (Å²) in [5.74, 6) is 0.684. The Bertz CT molecular complexity index is 409. The second kappa shape index (κ2) is 3.51. The van der Waals surface area contributed by atoms with E-state index in [1.807, 2.05) is 7.05 Å². The van der Waals surface area contributed by atoms with Crippen LogP contribution in [0.2, 0.25) is 0 Å². The summed E-state index contributed by atoms with van der Waals surface area (Å²) in [4.78, 5) is 7.88. The lowest BCUT2D eigenvalue weighted by atomic mass is 10.2. The summed E-state index contributed by atoms with van der Waals surface area (Å²) < 4.78 is 1.77. The van der Waals surface area contributed by atoms with E-state index in [1.54, 1.807) is 23.2 Å². The van der Waals surface area contributed by atoms with Crippen molar-refractivity contribution in [3.05, 3.63) is 36.4 Å². The first-order valence-electron chi connectivity index (χ1n) is 4.14. The van der Waals surface area contributed by atoms with E-state index < -0.39 is 0 Å². The van der Waals surface area contributed by atoms with Gasteiger partial charge in [-0.3, -0.25) is 0 Å². The van der Waals surface area contributed by atoms with E-state index in [1.165, 1.54) is 6.33 Å². The van der Waals surface area contributed by atoms with Crippen molar-refractivity contribution in [3.8, 4) is 0 Å². The molecule has 14 heavy (non-hydrogen) atoms. The van der Waals surface area contributed by atoms with Crippen molar-refractivity contribution < 1.29 is 0 Å². The molecule has 2 heterocycles. The normalized spacial score (nSPS) is 12.7. The van der Waals surface area contributed by atoms with Gasteiger partial charge in [-0.15, -0.1) is 10.2 Å². The summed E-state index contributed by atoms with van der Waals surface area (Å²) in [6.07, 6.45) is 4.72. The Morgan fingerprint density at radius 3 is 2.93 bits per heavy atom. The van der Waals surface area contributed by atoms with Crippen LogP contribution >= 0.6 is 0 Å². The zero-order valence-corrected chi connectivity index (χ0v) is 7.70. The lowest BCUT2D eigenvalue weighted by molar-refractivity contribution is 0.695. The molecule has 6 nitrogen and oxygen atoms in total. The third-order valence-corrected chi connectivity index (χ3v) is 1.95. The molecule has 0 saturated carbocycles. The molecule has 2 N–H and O–H groups in total. The second-order valence-electron chi connectivity index (χ2n) is 2.91. The van der Waals surface area contributed by atoms with Crippen molar-refractivity contribution in [2.24, 2.45) is 12.8 Å². The molecule has 0 aromatic carbocycles. The third kappa shape index (κ3) is 1.47. The molecule has 2 rings (SSSR count). The highest BCUT2D eigenvalue weighted by Crippen LogP contribution is 2.12. The Labute approximate surface area is 80.8 Å². The van der Waals surface area contributed by atoms with Crippen molar-refractivity contribution in [1.29, 1.82) is 0 Å². The van der Waals surface area contributed by atoms with Gasteiger partial charge in [0, 0.05) is 13.2 Å². The van der Waals surface area contributed by atoms with E-state index in [2.05, 4.69) is 20.2 Å². The molecule has 0 aliphatic heterocycles. The highest BCUT2D eigenvalue weighted by molar-refractivity contribution is 5.13. The number of rotatable bonds is 2. The molecular formula is C8H10N6. The molecule has 0 saturated heterocycles. The maximum Gasteiger partial charge on any atom is 0.155 e. The SMILES string of the molecule is Cn1cnnc1C(N)c1ccncn1. The lowest BCUT2D eigenvalue weighted by Crippen LogP contribution is -2.17. The minimum Gasteiger partial charge on any atom is -0.319 e. The number of nitrogens with two attached hydrogens (primary N) is 1. The summed E-state index contributed by atoms with van der Waals surface area (Å²) in [6.45, 7) is 0. The number of hydrogen-bond acceptors (Lipinski definition) is 5. The van der Waals surface area contributed by atoms with Crippen molar-refractivity contribution in [3.63, 3.8) is 0 Å². The Morgan fingerprint density at radius 1 is 1.50 bits per heavy atom. The van der Waals surface area contributed by atoms with Gasteiger partial charge in [0.1, 0.15) is 18.7 Å². The van der Waals surface area contributed by atoms with Gasteiger partial charge in [0.2, 0.25) is 0 Å². The van der Waals surface area contributed by atoms with E-state index in [0.717, 1.165) is 5.69 Å². The predicted octanol–water partition coefficient (Wildman–Crippen LogP) is -0.347. The second-order valence-corrected chi connectivity index (χ2v) is 2.91. The molecule has 72 valence electrons. The molecule has 2 aromatic heterocycles. The van der Waals surface area contributed by atoms with Crippen LogP contribution in [0.25, 0.3) is 0 Å². The number of hydrogen-bond donors (Lipinski definition) is 1. The van der Waals surface area contributed by atoms with Crippen LogP contribution in [0.1, 0.15) is 17.6 Å². The highest BCUT2D eigenvalue weighted by atomic mass is 15.3. The first-order valence-corrected chi connectivity index (χ1v) is 4.14. The topological polar surface area (TPSA) is 82.5 Å². The third-order valence-electron chi connectivity index (χ3n) is 1.95. The monoisotopic (exact) mass is 190 g/mol. The molecule has 0 aliphatic rings. The smallest absolute Gasteiger partial charge is 0.155 e. The molecule has 0 radical (unpaired) electrons. The van der Waals surface area contributed by atoms with Gasteiger partial charge in [0.15, 0.2) is 5.82 Å². The molecule has 0 fully saturated rings. The molecular weight excluding hydrogens is 180 g/mol. The van der Waals surface area contributed by atoms with E-state index in [0.29, 0.717) is 5.82 Å². The minimum atomic E-state index is -0.356. The number of aromatic nitrogens is 5. The molecule has 6 heteroatoms. The van der Waals surface area contributed by atoms with Crippen LogP contribution in [0.4, 0.5) is 0 Å². The molecule has 2 aromatic rings. The number of nitrogens with zero attached hydrogens (tertiary/aromatic N) is 5. The Balaban J connectivity index is 2.34. The van der Waals surface area contributed by atoms with Crippen molar-refractivity contribution >= 4 is 0 Å². The first kappa shape index (κ1) is 8.76. The van der Waals surface area contributed by atoms with Crippen LogP contribution in [-0.2, 0) is 7.05 Å². The van der Waals surface area contributed by atoms with E-state index in [4.69, 9.17) is 5.73 Å². The van der Waals surface area contributed by atoms with Crippen molar-refractivity contribution in [1.82, 2.24) is 24.7 Å². The summed E-state index contributed by atoms with van der Waals surface area (Å²) in [5.41, 5.74) is 6.68. The molecule has 0 amide bonds. The van der Waals surface area contributed by atoms with Crippen LogP contribution in [0.3, 0.4) is 0 Å². The van der Waals surface area contributed by atoms with Gasteiger partial charge in [-0.1, -0.05) is 0 Å². The predicted molar refractivity (Wildman–Crippen MR) is 49.1 cm³/mol. The average molecular weight is 190 g/mol. The molecule has 0 spiro atoms. The molecule has 0 bridgehead atoms. The van der Waals surface area contributed by atoms with E-state index >= 15 is 0 Å². The average Bonchev–Trinajstić information content (AvgIpc) is 2.65. The Hall–Kier alpha value is -1.82.